The Morgan fingerprint density at radius 1 is 1.20 bits per heavy atom. The minimum atomic E-state index is -1.02. The summed E-state index contributed by atoms with van der Waals surface area (Å²) in [7, 11) is 0. The third-order valence-electron chi connectivity index (χ3n) is 2.83. The Labute approximate surface area is 117 Å². The van der Waals surface area contributed by atoms with E-state index in [2.05, 4.69) is 5.32 Å². The lowest BCUT2D eigenvalue weighted by Crippen LogP contribution is -2.47. The van der Waals surface area contributed by atoms with E-state index in [0.717, 1.165) is 5.56 Å². The predicted octanol–water partition coefficient (Wildman–Crippen LogP) is 0.553. The topological polar surface area (TPSA) is 109 Å². The first-order valence-electron chi connectivity index (χ1n) is 6.23. The highest BCUT2D eigenvalue weighted by molar-refractivity contribution is 5.88. The smallest absolute Gasteiger partial charge is 0.335 e. The van der Waals surface area contributed by atoms with Gasteiger partial charge in [0.2, 0.25) is 11.8 Å². The first kappa shape index (κ1) is 15.7. The van der Waals surface area contributed by atoms with E-state index in [0.29, 0.717) is 0 Å². The number of hydrogen-bond acceptors (Lipinski definition) is 3. The summed E-state index contributed by atoms with van der Waals surface area (Å²) in [6, 6.07) is 5.28. The van der Waals surface area contributed by atoms with Crippen LogP contribution in [0, 0.1) is 5.92 Å². The van der Waals surface area contributed by atoms with Gasteiger partial charge in [0.15, 0.2) is 0 Å². The fraction of sp³-hybridized carbons (Fsp3) is 0.357. The van der Waals surface area contributed by atoms with Crippen molar-refractivity contribution >= 4 is 17.8 Å². The summed E-state index contributed by atoms with van der Waals surface area (Å²) < 4.78 is 0. The summed E-state index contributed by atoms with van der Waals surface area (Å²) in [6.07, 6.45) is 0.230. The summed E-state index contributed by atoms with van der Waals surface area (Å²) >= 11 is 0. The second-order valence-corrected chi connectivity index (χ2v) is 4.82. The number of benzene rings is 1. The van der Waals surface area contributed by atoms with Crippen molar-refractivity contribution < 1.29 is 19.5 Å². The maximum absolute atomic E-state index is 11.6. The van der Waals surface area contributed by atoms with Crippen molar-refractivity contribution in [3.63, 3.8) is 0 Å². The zero-order chi connectivity index (χ0) is 15.3. The first-order chi connectivity index (χ1) is 9.31. The maximum atomic E-state index is 11.6. The second-order valence-electron chi connectivity index (χ2n) is 4.82. The summed E-state index contributed by atoms with van der Waals surface area (Å²) in [4.78, 5) is 33.7. The number of hydrogen-bond donors (Lipinski definition) is 3. The molecular formula is C14H18N2O4. The zero-order valence-electron chi connectivity index (χ0n) is 11.4. The molecule has 1 aromatic carbocycles. The number of carbonyl (C=O) groups is 3. The van der Waals surface area contributed by atoms with Crippen molar-refractivity contribution in [3.8, 4) is 0 Å². The van der Waals surface area contributed by atoms with Gasteiger partial charge in [0.05, 0.1) is 5.56 Å². The molecule has 1 atom stereocenters. The molecule has 108 valence electrons. The van der Waals surface area contributed by atoms with Crippen molar-refractivity contribution in [2.24, 2.45) is 11.7 Å². The van der Waals surface area contributed by atoms with Crippen LogP contribution in [-0.4, -0.2) is 28.9 Å². The second kappa shape index (κ2) is 6.70. The van der Waals surface area contributed by atoms with E-state index in [1.54, 1.807) is 26.0 Å². The summed E-state index contributed by atoms with van der Waals surface area (Å²) in [6.45, 7) is 3.43. The van der Waals surface area contributed by atoms with Crippen molar-refractivity contribution in [2.75, 3.05) is 0 Å². The lowest BCUT2D eigenvalue weighted by atomic mass is 10.0. The van der Waals surface area contributed by atoms with Crippen LogP contribution in [0.3, 0.4) is 0 Å². The molecule has 0 unspecified atom stereocenters. The van der Waals surface area contributed by atoms with Gasteiger partial charge in [0, 0.05) is 12.3 Å². The van der Waals surface area contributed by atoms with Crippen LogP contribution in [0.5, 0.6) is 0 Å². The lowest BCUT2D eigenvalue weighted by Gasteiger charge is -2.17. The normalized spacial score (nSPS) is 11.9. The zero-order valence-corrected chi connectivity index (χ0v) is 11.4. The van der Waals surface area contributed by atoms with Crippen LogP contribution in [0.15, 0.2) is 24.3 Å². The summed E-state index contributed by atoms with van der Waals surface area (Å²) in [5.74, 6) is -2.14. The van der Waals surface area contributed by atoms with Crippen molar-refractivity contribution in [1.29, 1.82) is 0 Å². The van der Waals surface area contributed by atoms with Crippen LogP contribution in [-0.2, 0) is 16.0 Å². The number of aromatic carboxylic acids is 1. The van der Waals surface area contributed by atoms with Crippen molar-refractivity contribution in [3.05, 3.63) is 35.4 Å². The average Bonchev–Trinajstić information content (AvgIpc) is 2.38. The molecule has 20 heavy (non-hydrogen) atoms. The maximum Gasteiger partial charge on any atom is 0.335 e. The Morgan fingerprint density at radius 2 is 1.75 bits per heavy atom. The van der Waals surface area contributed by atoms with Gasteiger partial charge in [0.25, 0.3) is 0 Å². The molecular weight excluding hydrogens is 260 g/mol. The lowest BCUT2D eigenvalue weighted by molar-refractivity contribution is -0.129. The highest BCUT2D eigenvalue weighted by Gasteiger charge is 2.20. The average molecular weight is 278 g/mol. The van der Waals surface area contributed by atoms with Crippen LogP contribution < -0.4 is 11.1 Å². The predicted molar refractivity (Wildman–Crippen MR) is 73.1 cm³/mol. The molecule has 1 aromatic rings. The Morgan fingerprint density at radius 3 is 2.15 bits per heavy atom. The van der Waals surface area contributed by atoms with E-state index in [-0.39, 0.29) is 23.8 Å². The summed E-state index contributed by atoms with van der Waals surface area (Å²) in [5.41, 5.74) is 6.15. The molecule has 0 bridgehead atoms. The largest absolute Gasteiger partial charge is 0.478 e. The van der Waals surface area contributed by atoms with Gasteiger partial charge in [0.1, 0.15) is 6.04 Å². The molecule has 1 rings (SSSR count). The van der Waals surface area contributed by atoms with E-state index in [4.69, 9.17) is 10.8 Å². The minimum absolute atomic E-state index is 0.163. The highest BCUT2D eigenvalue weighted by Crippen LogP contribution is 2.08. The number of rotatable bonds is 6. The van der Waals surface area contributed by atoms with Gasteiger partial charge in [-0.3, -0.25) is 9.59 Å². The molecule has 0 aliphatic carbocycles. The Kier molecular flexibility index (Phi) is 5.25. The molecule has 0 aliphatic heterocycles. The Hall–Kier alpha value is -2.37. The fourth-order valence-corrected chi connectivity index (χ4v) is 1.58. The van der Waals surface area contributed by atoms with Gasteiger partial charge >= 0.3 is 5.97 Å². The van der Waals surface area contributed by atoms with Gasteiger partial charge in [-0.25, -0.2) is 4.79 Å². The van der Waals surface area contributed by atoms with Gasteiger partial charge in [-0.05, 0) is 17.7 Å². The van der Waals surface area contributed by atoms with Crippen LogP contribution in [0.1, 0.15) is 29.8 Å². The first-order valence-corrected chi connectivity index (χ1v) is 6.23. The van der Waals surface area contributed by atoms with Crippen molar-refractivity contribution in [1.82, 2.24) is 5.32 Å². The standard InChI is InChI=1S/C14H18N2O4/c1-8(2)13(18)16-11(12(15)17)7-9-3-5-10(6-4-9)14(19)20/h3-6,8,11H,7H2,1-2H3,(H2,15,17)(H,16,18)(H,19,20)/t11-/m0/s1. The number of carboxylic acids is 1. The molecule has 6 nitrogen and oxygen atoms in total. The van der Waals surface area contributed by atoms with E-state index in [9.17, 15) is 14.4 Å². The van der Waals surface area contributed by atoms with Crippen LogP contribution in [0.25, 0.3) is 0 Å². The quantitative estimate of drug-likeness (QED) is 0.706. The van der Waals surface area contributed by atoms with Gasteiger partial charge in [-0.15, -0.1) is 0 Å². The molecule has 6 heteroatoms. The number of amides is 2. The van der Waals surface area contributed by atoms with Gasteiger partial charge < -0.3 is 16.2 Å². The Balaban J connectivity index is 2.78. The molecule has 0 heterocycles. The molecule has 4 N–H and O–H groups in total. The molecule has 0 saturated heterocycles. The molecule has 0 spiro atoms. The van der Waals surface area contributed by atoms with Gasteiger partial charge in [-0.1, -0.05) is 26.0 Å². The molecule has 2 amide bonds. The number of carboxylic acid groups (broad SMARTS) is 1. The van der Waals surface area contributed by atoms with E-state index >= 15 is 0 Å². The monoisotopic (exact) mass is 278 g/mol. The van der Waals surface area contributed by atoms with Crippen LogP contribution >= 0.6 is 0 Å². The third kappa shape index (κ3) is 4.38. The van der Waals surface area contributed by atoms with Crippen LogP contribution in [0.4, 0.5) is 0 Å². The van der Waals surface area contributed by atoms with E-state index in [1.165, 1.54) is 12.1 Å². The number of nitrogens with two attached hydrogens (primary N) is 1. The molecule has 0 aliphatic rings. The fourth-order valence-electron chi connectivity index (χ4n) is 1.58. The molecule has 0 radical (unpaired) electrons. The summed E-state index contributed by atoms with van der Waals surface area (Å²) in [5, 5.41) is 11.4. The highest BCUT2D eigenvalue weighted by atomic mass is 16.4. The van der Waals surface area contributed by atoms with Crippen LogP contribution in [0.2, 0.25) is 0 Å². The number of nitrogens with one attached hydrogen (secondary N) is 1. The molecule has 0 aromatic heterocycles. The third-order valence-corrected chi connectivity index (χ3v) is 2.83. The van der Waals surface area contributed by atoms with Gasteiger partial charge in [-0.2, -0.15) is 0 Å². The molecule has 0 fully saturated rings. The van der Waals surface area contributed by atoms with E-state index in [1.807, 2.05) is 0 Å². The van der Waals surface area contributed by atoms with E-state index < -0.39 is 17.9 Å². The number of primary amides is 1. The van der Waals surface area contributed by atoms with Crippen molar-refractivity contribution in [2.45, 2.75) is 26.3 Å². The molecule has 0 saturated carbocycles. The Bertz CT molecular complexity index is 508. The SMILES string of the molecule is CC(C)C(=O)N[C@@H](Cc1ccc(C(=O)O)cc1)C(N)=O. The minimum Gasteiger partial charge on any atom is -0.478 e. The number of carbonyl (C=O) groups excluding carboxylic acids is 2.